The minimum atomic E-state index is -0.784. The first-order valence-corrected chi connectivity index (χ1v) is 7.18. The topological polar surface area (TPSA) is 69.6 Å². The molecule has 4 heteroatoms. The van der Waals surface area contributed by atoms with Crippen LogP contribution in [0.3, 0.4) is 0 Å². The Morgan fingerprint density at radius 2 is 1.90 bits per heavy atom. The van der Waals surface area contributed by atoms with Crippen LogP contribution in [0.1, 0.15) is 43.9 Å². The molecular formula is C16H25NO3. The zero-order valence-corrected chi connectivity index (χ0v) is 12.3. The van der Waals surface area contributed by atoms with Crippen molar-refractivity contribution in [1.82, 2.24) is 5.32 Å². The van der Waals surface area contributed by atoms with E-state index in [-0.39, 0.29) is 6.42 Å². The molecule has 1 unspecified atom stereocenters. The fourth-order valence-corrected chi connectivity index (χ4v) is 2.07. The van der Waals surface area contributed by atoms with Crippen molar-refractivity contribution < 1.29 is 15.0 Å². The maximum Gasteiger partial charge on any atom is 0.303 e. The number of aliphatic hydroxyl groups excluding tert-OH is 1. The quantitative estimate of drug-likeness (QED) is 0.607. The first-order chi connectivity index (χ1) is 9.49. The van der Waals surface area contributed by atoms with E-state index < -0.39 is 12.1 Å². The Labute approximate surface area is 120 Å². The molecule has 20 heavy (non-hydrogen) atoms. The van der Waals surface area contributed by atoms with Gasteiger partial charge in [-0.25, -0.2) is 0 Å². The van der Waals surface area contributed by atoms with Gasteiger partial charge in [-0.05, 0) is 36.4 Å². The molecule has 0 spiro atoms. The van der Waals surface area contributed by atoms with Gasteiger partial charge in [0.1, 0.15) is 0 Å². The number of hydrogen-bond donors (Lipinski definition) is 3. The Balaban J connectivity index is 2.32. The van der Waals surface area contributed by atoms with Crippen LogP contribution in [-0.2, 0) is 11.2 Å². The summed E-state index contributed by atoms with van der Waals surface area (Å²) in [5.74, 6) is -0.158. The lowest BCUT2D eigenvalue weighted by Crippen LogP contribution is -2.23. The van der Waals surface area contributed by atoms with Gasteiger partial charge in [-0.1, -0.05) is 38.1 Å². The molecule has 0 saturated carbocycles. The summed E-state index contributed by atoms with van der Waals surface area (Å²) < 4.78 is 0. The van der Waals surface area contributed by atoms with Crippen molar-refractivity contribution in [2.45, 2.75) is 39.2 Å². The highest BCUT2D eigenvalue weighted by Gasteiger charge is 2.07. The first kappa shape index (κ1) is 16.7. The molecule has 112 valence electrons. The minimum absolute atomic E-state index is 0.160. The third kappa shape index (κ3) is 6.68. The van der Waals surface area contributed by atoms with Crippen molar-refractivity contribution in [2.24, 2.45) is 5.92 Å². The standard InChI is InChI=1S/C16H25NO3/c1-12(2)10-13-5-7-14(8-6-13)15(18)11-17-9-3-4-16(19)20/h5-8,12,15,17-18H,3-4,9-11H2,1-2H3,(H,19,20). The highest BCUT2D eigenvalue weighted by atomic mass is 16.4. The van der Waals surface area contributed by atoms with Gasteiger partial charge in [0.05, 0.1) is 6.10 Å². The van der Waals surface area contributed by atoms with E-state index in [1.165, 1.54) is 5.56 Å². The molecule has 0 aliphatic heterocycles. The number of carboxylic acid groups (broad SMARTS) is 1. The number of hydrogen-bond acceptors (Lipinski definition) is 3. The van der Waals surface area contributed by atoms with Gasteiger partial charge in [0.15, 0.2) is 0 Å². The second kappa shape index (κ2) is 8.72. The maximum atomic E-state index is 10.3. The molecule has 1 atom stereocenters. The summed E-state index contributed by atoms with van der Waals surface area (Å²) >= 11 is 0. The van der Waals surface area contributed by atoms with Gasteiger partial charge in [0, 0.05) is 13.0 Å². The molecule has 0 saturated heterocycles. The van der Waals surface area contributed by atoms with Gasteiger partial charge in [-0.2, -0.15) is 0 Å². The second-order valence-electron chi connectivity index (χ2n) is 5.56. The third-order valence-corrected chi connectivity index (χ3v) is 3.09. The summed E-state index contributed by atoms with van der Waals surface area (Å²) in [6.07, 6.45) is 1.24. The summed E-state index contributed by atoms with van der Waals surface area (Å²) in [5, 5.41) is 21.6. The van der Waals surface area contributed by atoms with Gasteiger partial charge >= 0.3 is 5.97 Å². The monoisotopic (exact) mass is 279 g/mol. The number of benzene rings is 1. The molecule has 1 rings (SSSR count). The Bertz CT molecular complexity index is 401. The lowest BCUT2D eigenvalue weighted by Gasteiger charge is -2.13. The van der Waals surface area contributed by atoms with E-state index in [2.05, 4.69) is 31.3 Å². The van der Waals surface area contributed by atoms with Gasteiger partial charge < -0.3 is 15.5 Å². The molecule has 1 aromatic carbocycles. The lowest BCUT2D eigenvalue weighted by molar-refractivity contribution is -0.137. The van der Waals surface area contributed by atoms with E-state index in [0.717, 1.165) is 12.0 Å². The van der Waals surface area contributed by atoms with Crippen molar-refractivity contribution >= 4 is 5.97 Å². The smallest absolute Gasteiger partial charge is 0.303 e. The number of rotatable bonds is 9. The van der Waals surface area contributed by atoms with Crippen molar-refractivity contribution in [3.63, 3.8) is 0 Å². The molecule has 0 radical (unpaired) electrons. The Hall–Kier alpha value is -1.39. The highest BCUT2D eigenvalue weighted by molar-refractivity contribution is 5.66. The largest absolute Gasteiger partial charge is 0.481 e. The Morgan fingerprint density at radius 1 is 1.25 bits per heavy atom. The molecule has 0 bridgehead atoms. The molecule has 0 aromatic heterocycles. The zero-order valence-electron chi connectivity index (χ0n) is 12.3. The molecule has 0 aliphatic rings. The van der Waals surface area contributed by atoms with E-state index in [0.29, 0.717) is 25.4 Å². The number of aliphatic carboxylic acids is 1. The second-order valence-corrected chi connectivity index (χ2v) is 5.56. The average molecular weight is 279 g/mol. The predicted molar refractivity (Wildman–Crippen MR) is 79.7 cm³/mol. The van der Waals surface area contributed by atoms with Crippen LogP contribution in [0.4, 0.5) is 0 Å². The maximum absolute atomic E-state index is 10.3. The van der Waals surface area contributed by atoms with Crippen molar-refractivity contribution in [2.75, 3.05) is 13.1 Å². The third-order valence-electron chi connectivity index (χ3n) is 3.09. The molecule has 0 heterocycles. The fraction of sp³-hybridized carbons (Fsp3) is 0.562. The molecule has 1 aromatic rings. The van der Waals surface area contributed by atoms with Crippen LogP contribution in [0.15, 0.2) is 24.3 Å². The van der Waals surface area contributed by atoms with E-state index in [1.54, 1.807) is 0 Å². The average Bonchev–Trinajstić information content (AvgIpc) is 2.38. The summed E-state index contributed by atoms with van der Waals surface area (Å²) in [6, 6.07) is 8.04. The van der Waals surface area contributed by atoms with Crippen LogP contribution in [0, 0.1) is 5.92 Å². The molecule has 3 N–H and O–H groups in total. The number of nitrogens with one attached hydrogen (secondary N) is 1. The molecule has 0 amide bonds. The Morgan fingerprint density at radius 3 is 2.45 bits per heavy atom. The summed E-state index contributed by atoms with van der Waals surface area (Å²) in [5.41, 5.74) is 2.17. The predicted octanol–water partition coefficient (Wildman–Crippen LogP) is 2.37. The van der Waals surface area contributed by atoms with E-state index >= 15 is 0 Å². The van der Waals surface area contributed by atoms with Gasteiger partial charge in [0.2, 0.25) is 0 Å². The fourth-order valence-electron chi connectivity index (χ4n) is 2.07. The number of carbonyl (C=O) groups is 1. The SMILES string of the molecule is CC(C)Cc1ccc(C(O)CNCCCC(=O)O)cc1. The van der Waals surface area contributed by atoms with E-state index in [1.807, 2.05) is 12.1 Å². The van der Waals surface area contributed by atoms with E-state index in [4.69, 9.17) is 5.11 Å². The number of aliphatic hydroxyl groups is 1. The first-order valence-electron chi connectivity index (χ1n) is 7.18. The van der Waals surface area contributed by atoms with Crippen LogP contribution < -0.4 is 5.32 Å². The number of carboxylic acids is 1. The molecule has 4 nitrogen and oxygen atoms in total. The van der Waals surface area contributed by atoms with Gasteiger partial charge in [-0.15, -0.1) is 0 Å². The van der Waals surface area contributed by atoms with Crippen LogP contribution >= 0.6 is 0 Å². The van der Waals surface area contributed by atoms with Crippen LogP contribution in [-0.4, -0.2) is 29.3 Å². The molecule has 0 aliphatic carbocycles. The molecule has 0 fully saturated rings. The highest BCUT2D eigenvalue weighted by Crippen LogP contribution is 2.15. The van der Waals surface area contributed by atoms with Crippen molar-refractivity contribution in [1.29, 1.82) is 0 Å². The van der Waals surface area contributed by atoms with Gasteiger partial charge in [0.25, 0.3) is 0 Å². The summed E-state index contributed by atoms with van der Waals surface area (Å²) in [6.45, 7) is 5.42. The minimum Gasteiger partial charge on any atom is -0.481 e. The van der Waals surface area contributed by atoms with Crippen LogP contribution in [0.2, 0.25) is 0 Å². The van der Waals surface area contributed by atoms with Crippen molar-refractivity contribution in [3.8, 4) is 0 Å². The normalized spacial score (nSPS) is 12.6. The van der Waals surface area contributed by atoms with E-state index in [9.17, 15) is 9.90 Å². The lowest BCUT2D eigenvalue weighted by atomic mass is 10.0. The Kier molecular flexibility index (Phi) is 7.26. The zero-order chi connectivity index (χ0) is 15.0. The van der Waals surface area contributed by atoms with Crippen LogP contribution in [0.5, 0.6) is 0 Å². The van der Waals surface area contributed by atoms with Crippen LogP contribution in [0.25, 0.3) is 0 Å². The summed E-state index contributed by atoms with van der Waals surface area (Å²) in [4.78, 5) is 10.3. The summed E-state index contributed by atoms with van der Waals surface area (Å²) in [7, 11) is 0. The van der Waals surface area contributed by atoms with Gasteiger partial charge in [-0.3, -0.25) is 4.79 Å². The molecular weight excluding hydrogens is 254 g/mol. The van der Waals surface area contributed by atoms with Crippen molar-refractivity contribution in [3.05, 3.63) is 35.4 Å².